The van der Waals surface area contributed by atoms with Crippen molar-refractivity contribution in [3.63, 3.8) is 0 Å². The third-order valence-electron chi connectivity index (χ3n) is 2.84. The lowest BCUT2D eigenvalue weighted by Crippen LogP contribution is -2.34. The van der Waals surface area contributed by atoms with Crippen LogP contribution < -0.4 is 0 Å². The zero-order valence-electron chi connectivity index (χ0n) is 9.02. The molecule has 1 fully saturated rings. The number of hydrogen-bond acceptors (Lipinski definition) is 1. The van der Waals surface area contributed by atoms with Crippen LogP contribution in [-0.4, -0.2) is 31.5 Å². The van der Waals surface area contributed by atoms with E-state index in [1.54, 1.807) is 0 Å². The quantitative estimate of drug-likeness (QED) is 0.660. The molecule has 15 heavy (non-hydrogen) atoms. The first-order valence-electron chi connectivity index (χ1n) is 5.60. The third kappa shape index (κ3) is 4.73. The van der Waals surface area contributed by atoms with Gasteiger partial charge in [-0.05, 0) is 32.5 Å². The molecule has 1 rings (SSSR count). The molecule has 0 spiro atoms. The lowest BCUT2D eigenvalue weighted by Gasteiger charge is -2.28. The molecule has 0 aliphatic carbocycles. The van der Waals surface area contributed by atoms with Gasteiger partial charge in [0.05, 0.1) is 0 Å². The summed E-state index contributed by atoms with van der Waals surface area (Å²) in [6.07, 6.45) is 5.52. The second-order valence-corrected chi connectivity index (χ2v) is 4.28. The van der Waals surface area contributed by atoms with Crippen LogP contribution in [0, 0.1) is 0 Å². The Labute approximate surface area is 89.4 Å². The van der Waals surface area contributed by atoms with Gasteiger partial charge in [0.25, 0.3) is 0 Å². The summed E-state index contributed by atoms with van der Waals surface area (Å²) >= 11 is 0. The van der Waals surface area contributed by atoms with Gasteiger partial charge in [0.1, 0.15) is 0 Å². The van der Waals surface area contributed by atoms with E-state index in [2.05, 4.69) is 6.58 Å². The highest BCUT2D eigenvalue weighted by atomic mass is 19.4. The number of nitrogens with zero attached hydrogens (tertiary/aromatic N) is 1. The predicted molar refractivity (Wildman–Crippen MR) is 57.7 cm³/mol. The largest absolute Gasteiger partial charge is 0.506 e. The Balaban J connectivity index is 2.38. The van der Waals surface area contributed by atoms with Crippen molar-refractivity contribution >= 4 is 6.98 Å². The van der Waals surface area contributed by atoms with Crippen LogP contribution in [0.1, 0.15) is 32.1 Å². The average Bonchev–Trinajstić information content (AvgIpc) is 2.07. The van der Waals surface area contributed by atoms with Gasteiger partial charge in [-0.25, -0.2) is 0 Å². The maximum atomic E-state index is 12.3. The number of hydrogen-bond donors (Lipinski definition) is 0. The Morgan fingerprint density at radius 3 is 1.93 bits per heavy atom. The Kier molecular flexibility index (Phi) is 4.70. The zero-order chi connectivity index (χ0) is 11.3. The van der Waals surface area contributed by atoms with Gasteiger partial charge < -0.3 is 17.8 Å². The number of halogens is 3. The van der Waals surface area contributed by atoms with Crippen molar-refractivity contribution in [2.24, 2.45) is 0 Å². The van der Waals surface area contributed by atoms with Gasteiger partial charge in [-0.2, -0.15) is 0 Å². The zero-order valence-corrected chi connectivity index (χ0v) is 9.02. The van der Waals surface area contributed by atoms with Crippen molar-refractivity contribution in [1.29, 1.82) is 0 Å². The van der Waals surface area contributed by atoms with Crippen molar-refractivity contribution in [1.82, 2.24) is 4.90 Å². The first-order chi connectivity index (χ1) is 7.00. The monoisotopic (exact) mass is 220 g/mol. The number of rotatable bonds is 3. The summed E-state index contributed by atoms with van der Waals surface area (Å²) in [4.78, 5) is 1.89. The van der Waals surface area contributed by atoms with Gasteiger partial charge >= 0.3 is 6.98 Å². The molecular weight excluding hydrogens is 202 g/mol. The van der Waals surface area contributed by atoms with Gasteiger partial charge in [-0.15, -0.1) is 12.1 Å². The van der Waals surface area contributed by atoms with E-state index in [1.807, 2.05) is 4.90 Å². The molecule has 0 aromatic carbocycles. The topological polar surface area (TPSA) is 3.24 Å². The van der Waals surface area contributed by atoms with E-state index < -0.39 is 12.4 Å². The van der Waals surface area contributed by atoms with Gasteiger partial charge in [-0.1, -0.05) is 19.3 Å². The highest BCUT2D eigenvalue weighted by molar-refractivity contribution is 6.66. The summed E-state index contributed by atoms with van der Waals surface area (Å²) in [7, 11) is 0. The highest BCUT2D eigenvalue weighted by Crippen LogP contribution is 2.20. The van der Waals surface area contributed by atoms with Crippen LogP contribution in [0.3, 0.4) is 0 Å². The summed E-state index contributed by atoms with van der Waals surface area (Å²) < 4.78 is 37.0. The fraction of sp³-hybridized carbons (Fsp3) is 0.800. The molecule has 0 unspecified atom stereocenters. The van der Waals surface area contributed by atoms with Crippen LogP contribution in [0.25, 0.3) is 0 Å². The summed E-state index contributed by atoms with van der Waals surface area (Å²) in [6.45, 7) is -0.148. The molecule has 0 aromatic rings. The van der Waals surface area contributed by atoms with Crippen LogP contribution in [0.15, 0.2) is 12.1 Å². The molecule has 0 N–H and O–H groups in total. The first-order valence-corrected chi connectivity index (χ1v) is 5.60. The maximum Gasteiger partial charge on any atom is 0.506 e. The van der Waals surface area contributed by atoms with Gasteiger partial charge in [-0.3, -0.25) is 0 Å². The van der Waals surface area contributed by atoms with Crippen molar-refractivity contribution in [3.05, 3.63) is 12.1 Å². The van der Waals surface area contributed by atoms with E-state index in [0.717, 1.165) is 38.8 Å². The van der Waals surface area contributed by atoms with Crippen LogP contribution in [0.5, 0.6) is 0 Å². The summed E-state index contributed by atoms with van der Waals surface area (Å²) in [6, 6.07) is 0. The van der Waals surface area contributed by atoms with Crippen LogP contribution in [-0.2, 0) is 0 Å². The molecule has 0 aromatic heterocycles. The molecule has 0 amide bonds. The molecule has 0 atom stereocenters. The Morgan fingerprint density at radius 1 is 1.00 bits per heavy atom. The van der Waals surface area contributed by atoms with Gasteiger partial charge in [0.15, 0.2) is 0 Å². The molecule has 0 bridgehead atoms. The van der Waals surface area contributed by atoms with Crippen LogP contribution in [0.2, 0.25) is 0 Å². The Hall–Kier alpha value is -0.445. The van der Waals surface area contributed by atoms with Crippen molar-refractivity contribution in [2.45, 2.75) is 32.1 Å². The lowest BCUT2D eigenvalue weighted by molar-refractivity contribution is 0.265. The lowest BCUT2D eigenvalue weighted by atomic mass is 9.80. The standard InChI is InChI=1S/C10H18BF3N/c1-10(11(12,13)14)9-15-7-5-3-2-4-6-8-15/h1-9H2/q-1. The second kappa shape index (κ2) is 5.59. The van der Waals surface area contributed by atoms with Crippen molar-refractivity contribution in [2.75, 3.05) is 19.6 Å². The molecule has 1 aliphatic heterocycles. The normalized spacial score (nSPS) is 20.7. The maximum absolute atomic E-state index is 12.3. The summed E-state index contributed by atoms with van der Waals surface area (Å²) in [5.41, 5.74) is -0.560. The number of likely N-dealkylation sites (tertiary alicyclic amines) is 1. The van der Waals surface area contributed by atoms with E-state index in [1.165, 1.54) is 6.42 Å². The van der Waals surface area contributed by atoms with E-state index in [-0.39, 0.29) is 6.54 Å². The molecule has 1 heterocycles. The molecule has 88 valence electrons. The van der Waals surface area contributed by atoms with Crippen molar-refractivity contribution < 1.29 is 12.9 Å². The minimum Gasteiger partial charge on any atom is -0.445 e. The molecular formula is C10H18BF3N-. The smallest absolute Gasteiger partial charge is 0.445 e. The molecule has 0 radical (unpaired) electrons. The van der Waals surface area contributed by atoms with Gasteiger partial charge in [0, 0.05) is 0 Å². The van der Waals surface area contributed by atoms with Crippen molar-refractivity contribution in [3.8, 4) is 0 Å². The molecule has 1 aliphatic rings. The fourth-order valence-electron chi connectivity index (χ4n) is 1.86. The molecule has 1 saturated heterocycles. The third-order valence-corrected chi connectivity index (χ3v) is 2.84. The van der Waals surface area contributed by atoms with Crippen LogP contribution in [0.4, 0.5) is 12.9 Å². The van der Waals surface area contributed by atoms with Crippen LogP contribution >= 0.6 is 0 Å². The molecule has 1 nitrogen and oxygen atoms in total. The summed E-state index contributed by atoms with van der Waals surface area (Å²) in [5, 5.41) is 0. The molecule has 5 heteroatoms. The SMILES string of the molecule is C=C(CN1CCCCCCC1)[B-](F)(F)F. The second-order valence-electron chi connectivity index (χ2n) is 4.28. The van der Waals surface area contributed by atoms with E-state index in [4.69, 9.17) is 0 Å². The van der Waals surface area contributed by atoms with E-state index in [0.29, 0.717) is 0 Å². The minimum atomic E-state index is -4.85. The highest BCUT2D eigenvalue weighted by Gasteiger charge is 2.27. The van der Waals surface area contributed by atoms with E-state index in [9.17, 15) is 12.9 Å². The molecule has 0 saturated carbocycles. The van der Waals surface area contributed by atoms with Gasteiger partial charge in [0.2, 0.25) is 0 Å². The Bertz CT molecular complexity index is 207. The Morgan fingerprint density at radius 2 is 1.47 bits per heavy atom. The average molecular weight is 220 g/mol. The fourth-order valence-corrected chi connectivity index (χ4v) is 1.86. The van der Waals surface area contributed by atoms with E-state index >= 15 is 0 Å². The first kappa shape index (κ1) is 12.6. The minimum absolute atomic E-state index is 0.00347. The predicted octanol–water partition coefficient (Wildman–Crippen LogP) is 3.20. The summed E-state index contributed by atoms with van der Waals surface area (Å²) in [5.74, 6) is 0.